The van der Waals surface area contributed by atoms with Gasteiger partial charge in [0.25, 0.3) is 5.60 Å². The summed E-state index contributed by atoms with van der Waals surface area (Å²) >= 11 is 0. The van der Waals surface area contributed by atoms with Crippen molar-refractivity contribution in [2.75, 3.05) is 26.7 Å². The summed E-state index contributed by atoms with van der Waals surface area (Å²) in [7, 11) is 1.64. The van der Waals surface area contributed by atoms with Gasteiger partial charge >= 0.3 is 5.97 Å². The van der Waals surface area contributed by atoms with E-state index in [0.717, 1.165) is 57.2 Å². The van der Waals surface area contributed by atoms with Gasteiger partial charge in [-0.1, -0.05) is 50.5 Å². The molecule has 0 amide bonds. The molecule has 5 rings (SSSR count). The molecule has 0 spiro atoms. The number of aliphatic hydroxyl groups is 1. The molecule has 12 heteroatoms. The van der Waals surface area contributed by atoms with Crippen molar-refractivity contribution < 1.29 is 29.0 Å². The van der Waals surface area contributed by atoms with Crippen LogP contribution in [0.25, 0.3) is 0 Å². The van der Waals surface area contributed by atoms with Gasteiger partial charge in [-0.15, -0.1) is 0 Å². The molecule has 0 aromatic rings. The number of piperidine rings is 1. The summed E-state index contributed by atoms with van der Waals surface area (Å²) in [6.07, 6.45) is 13.7. The van der Waals surface area contributed by atoms with E-state index in [1.807, 2.05) is 19.9 Å². The predicted octanol–water partition coefficient (Wildman–Crippen LogP) is 2.63. The fourth-order valence-corrected chi connectivity index (χ4v) is 9.31. The smallest absolute Gasteiger partial charge is 0.350 e. The van der Waals surface area contributed by atoms with E-state index in [9.17, 15) is 19.5 Å². The second-order valence-corrected chi connectivity index (χ2v) is 15.3. The van der Waals surface area contributed by atoms with E-state index in [1.165, 1.54) is 0 Å². The summed E-state index contributed by atoms with van der Waals surface area (Å²) in [6, 6.07) is -0.0446. The molecule has 2 saturated carbocycles. The van der Waals surface area contributed by atoms with Gasteiger partial charge < -0.3 is 42.0 Å². The highest BCUT2D eigenvalue weighted by Crippen LogP contribution is 2.61. The number of Topliss-reactive ketones (excluding diaryl/α,β-unsaturated/α-hetero) is 2. The number of nitrogens with zero attached hydrogens (tertiary/aromatic N) is 1. The molecule has 0 aromatic carbocycles. The molecule has 5 aliphatic rings. The summed E-state index contributed by atoms with van der Waals surface area (Å²) in [4.78, 5) is 47.5. The number of carbonyl (C=O) groups excluding carboxylic acids is 3. The largest absolute Gasteiger partial charge is 0.459 e. The summed E-state index contributed by atoms with van der Waals surface area (Å²) in [6.45, 7) is 7.71. The number of likely N-dealkylation sites (N-methyl/N-ethyl adjacent to an activating group) is 1. The van der Waals surface area contributed by atoms with Crippen LogP contribution in [0.15, 0.2) is 28.8 Å². The van der Waals surface area contributed by atoms with Crippen LogP contribution in [-0.2, 0) is 23.9 Å². The minimum absolute atomic E-state index is 0.0125. The molecular formula is C38H62N6O6. The van der Waals surface area contributed by atoms with Gasteiger partial charge in [0.15, 0.2) is 23.1 Å². The number of esters is 1. The number of allylic oxidation sites excluding steroid dienone is 1. The number of aliphatic imine (C=N–C) groups is 1. The number of nitrogens with one attached hydrogen (secondary N) is 3. The Morgan fingerprint density at radius 3 is 2.58 bits per heavy atom. The van der Waals surface area contributed by atoms with Crippen molar-refractivity contribution in [2.24, 2.45) is 46.0 Å². The van der Waals surface area contributed by atoms with Crippen LogP contribution in [0, 0.1) is 29.6 Å². The van der Waals surface area contributed by atoms with Crippen molar-refractivity contribution in [3.05, 3.63) is 23.8 Å². The molecule has 50 heavy (non-hydrogen) atoms. The van der Waals surface area contributed by atoms with Gasteiger partial charge in [0.1, 0.15) is 6.10 Å². The normalized spacial score (nSPS) is 37.0. The number of nitrogens with two attached hydrogens (primary N) is 2. The molecule has 11 atom stereocenters. The molecule has 2 saturated heterocycles. The molecule has 0 aromatic heterocycles. The summed E-state index contributed by atoms with van der Waals surface area (Å²) in [5.41, 5.74) is 9.83. The minimum Gasteiger partial charge on any atom is -0.459 e. The van der Waals surface area contributed by atoms with Crippen molar-refractivity contribution in [2.45, 2.75) is 133 Å². The summed E-state index contributed by atoms with van der Waals surface area (Å²) in [5.74, 6) is -1.28. The first-order valence-electron chi connectivity index (χ1n) is 19.2. The Hall–Kier alpha value is -2.64. The van der Waals surface area contributed by atoms with Gasteiger partial charge in [0.2, 0.25) is 0 Å². The zero-order valence-corrected chi connectivity index (χ0v) is 30.6. The number of aliphatic hydroxyl groups excluding tert-OH is 1. The fraction of sp³-hybridized carbons (Fsp3) is 0.789. The van der Waals surface area contributed by atoms with Crippen LogP contribution in [0.3, 0.4) is 0 Å². The molecule has 2 heterocycles. The molecule has 8 N–H and O–H groups in total. The van der Waals surface area contributed by atoms with Crippen LogP contribution < -0.4 is 27.4 Å². The second-order valence-electron chi connectivity index (χ2n) is 15.3. The monoisotopic (exact) mass is 698 g/mol. The predicted molar refractivity (Wildman–Crippen MR) is 193 cm³/mol. The lowest BCUT2D eigenvalue weighted by Crippen LogP contribution is -2.59. The van der Waals surface area contributed by atoms with E-state index in [1.54, 1.807) is 7.05 Å². The number of ether oxygens (including phenoxy) is 2. The van der Waals surface area contributed by atoms with Crippen LogP contribution in [0.4, 0.5) is 0 Å². The number of carbonyl (C=O) groups is 3. The second kappa shape index (κ2) is 16.8. The quantitative estimate of drug-likeness (QED) is 0.0368. The van der Waals surface area contributed by atoms with Gasteiger partial charge in [-0.2, -0.15) is 0 Å². The molecule has 0 radical (unpaired) electrons. The number of guanidine groups is 1. The Bertz CT molecular complexity index is 1320. The Morgan fingerprint density at radius 1 is 1.18 bits per heavy atom. The van der Waals surface area contributed by atoms with E-state index in [-0.39, 0.29) is 54.7 Å². The van der Waals surface area contributed by atoms with Gasteiger partial charge in [-0.3, -0.25) is 14.6 Å². The van der Waals surface area contributed by atoms with Crippen molar-refractivity contribution in [3.8, 4) is 0 Å². The van der Waals surface area contributed by atoms with E-state index in [0.29, 0.717) is 44.0 Å². The maximum atomic E-state index is 14.5. The third-order valence-electron chi connectivity index (χ3n) is 12.2. The molecule has 0 bridgehead atoms. The van der Waals surface area contributed by atoms with Crippen molar-refractivity contribution >= 4 is 23.5 Å². The molecule has 3 aliphatic carbocycles. The Kier molecular flexibility index (Phi) is 13.0. The first-order valence-corrected chi connectivity index (χ1v) is 19.2. The molecule has 2 aliphatic heterocycles. The number of rotatable bonds is 15. The van der Waals surface area contributed by atoms with Gasteiger partial charge in [-0.05, 0) is 89.6 Å². The molecule has 4 fully saturated rings. The lowest BCUT2D eigenvalue weighted by molar-refractivity contribution is -0.166. The standard InChI is InChI=1S/C38H62N6O6/c1-5-24-13-14-29(42-6-2)28(21-24)31(12-9-19-45)49-35(48)38-34(47)27-11-8-7-10-26(27)33(46)37(38,50-38)17-15-23(3)20-30(44-36(40)41-4)25-16-18-43-32(39)22-25/h13-15,24-32,42-43,45H,5-12,16-22,39H2,1-4H3,(H3,40,41,44). The highest BCUT2D eigenvalue weighted by molar-refractivity contribution is 6.23. The highest BCUT2D eigenvalue weighted by Gasteiger charge is 2.87. The maximum absolute atomic E-state index is 14.5. The van der Waals surface area contributed by atoms with Crippen molar-refractivity contribution in [1.82, 2.24) is 16.0 Å². The number of ketones is 2. The van der Waals surface area contributed by atoms with E-state index in [4.69, 9.17) is 20.9 Å². The van der Waals surface area contributed by atoms with Crippen molar-refractivity contribution in [3.63, 3.8) is 0 Å². The summed E-state index contributed by atoms with van der Waals surface area (Å²) in [5, 5.41) is 20.0. The number of epoxide rings is 1. The van der Waals surface area contributed by atoms with Crippen LogP contribution >= 0.6 is 0 Å². The lowest BCUT2D eigenvalue weighted by Gasteiger charge is -2.39. The fourth-order valence-electron chi connectivity index (χ4n) is 9.31. The van der Waals surface area contributed by atoms with Crippen molar-refractivity contribution in [1.29, 1.82) is 0 Å². The first kappa shape index (κ1) is 38.6. The van der Waals surface area contributed by atoms with Gasteiger partial charge in [0.05, 0.1) is 6.17 Å². The van der Waals surface area contributed by atoms with E-state index >= 15 is 0 Å². The Morgan fingerprint density at radius 2 is 1.92 bits per heavy atom. The topological polar surface area (TPSA) is 194 Å². The lowest BCUT2D eigenvalue weighted by atomic mass is 9.61. The highest BCUT2D eigenvalue weighted by atomic mass is 16.7. The zero-order chi connectivity index (χ0) is 36.1. The average molecular weight is 699 g/mol. The number of hydrogen-bond donors (Lipinski definition) is 6. The Labute approximate surface area is 298 Å². The maximum Gasteiger partial charge on any atom is 0.350 e. The number of hydrogen-bond acceptors (Lipinski definition) is 10. The van der Waals surface area contributed by atoms with Gasteiger partial charge in [-0.25, -0.2) is 4.79 Å². The third-order valence-corrected chi connectivity index (χ3v) is 12.2. The molecule has 11 unspecified atom stereocenters. The SMILES string of the molecule is CCNC1C=CC(CC)CC1C(CCCO)OC(=O)C12OC1(CC=C(C)CC(NC(N)=NC)C1CCNC(N)C1)C(=O)C1CCCCC1C2=O. The third kappa shape index (κ3) is 7.74. The average Bonchev–Trinajstić information content (AvgIpc) is 3.83. The van der Waals surface area contributed by atoms with Crippen LogP contribution in [0.1, 0.15) is 97.8 Å². The molecular weight excluding hydrogens is 636 g/mol. The van der Waals surface area contributed by atoms with Crippen LogP contribution in [-0.4, -0.2) is 90.9 Å². The van der Waals surface area contributed by atoms with E-state index in [2.05, 4.69) is 40.0 Å². The van der Waals surface area contributed by atoms with Crippen LogP contribution in [0.5, 0.6) is 0 Å². The Balaban J connectivity index is 1.42. The molecule has 12 nitrogen and oxygen atoms in total. The van der Waals surface area contributed by atoms with Crippen LogP contribution in [0.2, 0.25) is 0 Å². The number of fused-ring (bicyclic) bond motifs is 2. The van der Waals surface area contributed by atoms with Gasteiger partial charge in [0, 0.05) is 49.9 Å². The molecule has 280 valence electrons. The summed E-state index contributed by atoms with van der Waals surface area (Å²) < 4.78 is 12.7. The van der Waals surface area contributed by atoms with E-state index < -0.39 is 35.1 Å². The minimum atomic E-state index is -1.95. The first-order chi connectivity index (χ1) is 24.0. The zero-order valence-electron chi connectivity index (χ0n) is 30.6.